The summed E-state index contributed by atoms with van der Waals surface area (Å²) in [5.41, 5.74) is -1.24. The molecule has 0 aromatic heterocycles. The van der Waals surface area contributed by atoms with Crippen LogP contribution in [0.5, 0.6) is 0 Å². The molecular formula is C57H58F20. The highest BCUT2D eigenvalue weighted by Crippen LogP contribution is 2.29. The third kappa shape index (κ3) is 20.3. The van der Waals surface area contributed by atoms with E-state index in [1.807, 2.05) is 27.7 Å². The van der Waals surface area contributed by atoms with E-state index in [4.69, 9.17) is 0 Å². The predicted octanol–water partition coefficient (Wildman–Crippen LogP) is 19.9. The van der Waals surface area contributed by atoms with Crippen LogP contribution in [0.1, 0.15) is 134 Å². The van der Waals surface area contributed by atoms with Crippen LogP contribution in [0.3, 0.4) is 0 Å². The maximum Gasteiger partial charge on any atom is 0.200 e. The van der Waals surface area contributed by atoms with E-state index < -0.39 is 133 Å². The molecule has 6 rings (SSSR count). The van der Waals surface area contributed by atoms with Crippen LogP contribution in [0.4, 0.5) is 87.8 Å². The Hall–Kier alpha value is -6.08. The molecular weight excluding hydrogens is 1060 g/mol. The van der Waals surface area contributed by atoms with Crippen molar-refractivity contribution in [2.45, 2.75) is 120 Å². The van der Waals surface area contributed by atoms with Crippen LogP contribution in [-0.2, 0) is 19.3 Å². The van der Waals surface area contributed by atoms with Gasteiger partial charge in [-0.1, -0.05) is 95.2 Å². The number of hydrogen-bond acceptors (Lipinski definition) is 0. The Labute approximate surface area is 435 Å². The Balaban J connectivity index is 0.000000463. The van der Waals surface area contributed by atoms with E-state index in [1.54, 1.807) is 41.5 Å². The van der Waals surface area contributed by atoms with Gasteiger partial charge >= 0.3 is 0 Å². The average Bonchev–Trinajstić information content (AvgIpc) is 3.30. The lowest BCUT2D eigenvalue weighted by atomic mass is 10.0. The van der Waals surface area contributed by atoms with Crippen LogP contribution in [0.2, 0.25) is 0 Å². The molecule has 0 spiro atoms. The topological polar surface area (TPSA) is 0 Å². The molecule has 0 atom stereocenters. The largest absolute Gasteiger partial charge is 0.207 e. The van der Waals surface area contributed by atoms with Crippen molar-refractivity contribution in [3.05, 3.63) is 210 Å². The molecule has 77 heavy (non-hydrogen) atoms. The van der Waals surface area contributed by atoms with Crippen molar-refractivity contribution in [3.8, 4) is 0 Å². The van der Waals surface area contributed by atoms with Crippen molar-refractivity contribution in [1.29, 1.82) is 0 Å². The van der Waals surface area contributed by atoms with Gasteiger partial charge in [-0.15, -0.1) is 0 Å². The summed E-state index contributed by atoms with van der Waals surface area (Å²) in [6.07, 6.45) is 0.558. The molecule has 0 nitrogen and oxygen atoms in total. The zero-order chi connectivity index (χ0) is 59.7. The van der Waals surface area contributed by atoms with Gasteiger partial charge in [0.2, 0.25) is 11.6 Å². The second-order valence-electron chi connectivity index (χ2n) is 19.3. The zero-order valence-corrected chi connectivity index (χ0v) is 43.9. The fourth-order valence-corrected chi connectivity index (χ4v) is 6.84. The summed E-state index contributed by atoms with van der Waals surface area (Å²) >= 11 is 0. The average molecular weight is 1120 g/mol. The molecule has 0 radical (unpaired) electrons. The van der Waals surface area contributed by atoms with E-state index in [2.05, 4.69) is 0 Å². The number of benzene rings is 6. The maximum absolute atomic E-state index is 13.0. The first kappa shape index (κ1) is 68.9. The van der Waals surface area contributed by atoms with E-state index in [9.17, 15) is 87.8 Å². The highest BCUT2D eigenvalue weighted by molar-refractivity contribution is 5.28. The van der Waals surface area contributed by atoms with Crippen LogP contribution in [0, 0.1) is 134 Å². The number of rotatable bonds is 9. The second-order valence-corrected chi connectivity index (χ2v) is 19.3. The van der Waals surface area contributed by atoms with Gasteiger partial charge in [-0.3, -0.25) is 0 Å². The Kier molecular flexibility index (Phi) is 28.1. The molecule has 6 aromatic carbocycles. The van der Waals surface area contributed by atoms with E-state index in [1.165, 1.54) is 50.2 Å². The first-order chi connectivity index (χ1) is 35.5. The molecule has 0 aliphatic rings. The molecule has 0 aliphatic carbocycles. The Morgan fingerprint density at radius 1 is 0.247 bits per heavy atom. The quantitative estimate of drug-likeness (QED) is 0.0769. The molecule has 0 aliphatic heterocycles. The molecule has 0 heterocycles. The van der Waals surface area contributed by atoms with Crippen molar-refractivity contribution >= 4 is 0 Å². The van der Waals surface area contributed by atoms with Crippen molar-refractivity contribution < 1.29 is 87.8 Å². The number of hydrogen-bond donors (Lipinski definition) is 0. The lowest BCUT2D eigenvalue weighted by Gasteiger charge is -2.10. The SMILES string of the molecule is CC(C)Cc1c(F)c(F)c(F)c(F)c1F.CC(C)Cc1c(F)cc(F)cc1F.CC(C)Cc1c(F)cccc1F.CC(C)c1c(F)c(F)c(F)c(F)c1F.CC(C)c1c(F)cc(F)cc1F.CC(C)c1c(F)cccc1F. The fourth-order valence-electron chi connectivity index (χ4n) is 6.84. The van der Waals surface area contributed by atoms with E-state index >= 15 is 0 Å². The van der Waals surface area contributed by atoms with Crippen molar-refractivity contribution in [1.82, 2.24) is 0 Å². The summed E-state index contributed by atoms with van der Waals surface area (Å²) in [5.74, 6) is -26.5. The molecule has 0 N–H and O–H groups in total. The summed E-state index contributed by atoms with van der Waals surface area (Å²) in [6, 6.07) is 10.7. The molecule has 426 valence electrons. The molecule has 0 fully saturated rings. The van der Waals surface area contributed by atoms with Gasteiger partial charge in [-0.05, 0) is 79.0 Å². The van der Waals surface area contributed by atoms with Gasteiger partial charge in [0.1, 0.15) is 58.2 Å². The van der Waals surface area contributed by atoms with E-state index in [0.717, 1.165) is 0 Å². The Morgan fingerprint density at radius 2 is 0.481 bits per heavy atom. The van der Waals surface area contributed by atoms with Gasteiger partial charge in [-0.2, -0.15) is 0 Å². The van der Waals surface area contributed by atoms with Gasteiger partial charge < -0.3 is 0 Å². The number of halogens is 20. The van der Waals surface area contributed by atoms with E-state index in [0.29, 0.717) is 30.7 Å². The van der Waals surface area contributed by atoms with Crippen LogP contribution in [0.25, 0.3) is 0 Å². The van der Waals surface area contributed by atoms with E-state index in [-0.39, 0.29) is 64.7 Å². The fraction of sp³-hybridized carbons (Fsp3) is 0.368. The van der Waals surface area contributed by atoms with Crippen molar-refractivity contribution in [2.75, 3.05) is 0 Å². The van der Waals surface area contributed by atoms with Crippen molar-refractivity contribution in [3.63, 3.8) is 0 Å². The first-order valence-electron chi connectivity index (χ1n) is 23.7. The summed E-state index contributed by atoms with van der Waals surface area (Å²) in [5, 5.41) is 0. The summed E-state index contributed by atoms with van der Waals surface area (Å²) in [7, 11) is 0. The first-order valence-corrected chi connectivity index (χ1v) is 23.7. The van der Waals surface area contributed by atoms with Gasteiger partial charge in [0, 0.05) is 57.6 Å². The summed E-state index contributed by atoms with van der Waals surface area (Å²) in [6.45, 7) is 20.3. The third-order valence-corrected chi connectivity index (χ3v) is 10.3. The molecule has 0 unspecified atom stereocenters. The van der Waals surface area contributed by atoms with Crippen LogP contribution < -0.4 is 0 Å². The smallest absolute Gasteiger partial charge is 0.200 e. The van der Waals surface area contributed by atoms with Crippen LogP contribution in [-0.4, -0.2) is 0 Å². The van der Waals surface area contributed by atoms with Crippen molar-refractivity contribution in [2.24, 2.45) is 17.8 Å². The highest BCUT2D eigenvalue weighted by atomic mass is 19.2. The zero-order valence-electron chi connectivity index (χ0n) is 43.9. The minimum absolute atomic E-state index is 0.0311. The van der Waals surface area contributed by atoms with Crippen LogP contribution in [0.15, 0.2) is 60.7 Å². The highest BCUT2D eigenvalue weighted by Gasteiger charge is 2.28. The Morgan fingerprint density at radius 3 is 0.766 bits per heavy atom. The molecule has 6 aromatic rings. The summed E-state index contributed by atoms with van der Waals surface area (Å²) in [4.78, 5) is 0. The monoisotopic (exact) mass is 1120 g/mol. The standard InChI is InChI=1S/C10H9F5.C10H11F3.C10H12F2.C9H7F5.C9H9F3.C9H10F2/c1-4(2)3-5-6(11)8(13)10(15)9(14)7(5)12;1-6(2)3-8-9(12)4-7(11)5-10(8)13;1-7(2)6-8-9(11)4-3-5-10(8)12;1-3(2)4-5(10)7(12)9(14)8(13)6(4)11;1-5(2)9-7(11)3-6(10)4-8(9)12;1-6(2)9-7(10)4-3-5-8(9)11/h4H,3H2,1-2H3;4-6H,3H2,1-2H3;3-5,7H,6H2,1-2H3;3H,1-2H3;3-5H,1-2H3;3-6H,1-2H3. The van der Waals surface area contributed by atoms with Gasteiger partial charge in [0.15, 0.2) is 46.5 Å². The molecule has 0 saturated heterocycles. The lowest BCUT2D eigenvalue weighted by molar-refractivity contribution is 0.366. The molecule has 20 heteroatoms. The van der Waals surface area contributed by atoms with Gasteiger partial charge in [-0.25, -0.2) is 87.8 Å². The van der Waals surface area contributed by atoms with Gasteiger partial charge in [0.25, 0.3) is 0 Å². The lowest BCUT2D eigenvalue weighted by Crippen LogP contribution is -2.09. The second kappa shape index (κ2) is 31.4. The minimum atomic E-state index is -2.12. The predicted molar refractivity (Wildman–Crippen MR) is 256 cm³/mol. The molecule has 0 saturated carbocycles. The third-order valence-electron chi connectivity index (χ3n) is 10.3. The normalized spacial score (nSPS) is 10.9. The minimum Gasteiger partial charge on any atom is -0.207 e. The molecule has 0 bridgehead atoms. The molecule has 0 amide bonds. The Bertz CT molecular complexity index is 2720. The van der Waals surface area contributed by atoms with Gasteiger partial charge in [0.05, 0.1) is 0 Å². The maximum atomic E-state index is 13.0. The van der Waals surface area contributed by atoms with Crippen LogP contribution >= 0.6 is 0 Å². The summed E-state index contributed by atoms with van der Waals surface area (Å²) < 4.78 is 256.